The molecule has 0 fully saturated rings. The number of ether oxygens (including phenoxy) is 1. The van der Waals surface area contributed by atoms with Gasteiger partial charge in [-0.25, -0.2) is 9.52 Å². The minimum Gasteiger partial charge on any atom is -0.449 e. The third-order valence-corrected chi connectivity index (χ3v) is 4.12. The first-order valence-electron chi connectivity index (χ1n) is 5.79. The van der Waals surface area contributed by atoms with Crippen LogP contribution < -0.4 is 14.8 Å². The summed E-state index contributed by atoms with van der Waals surface area (Å²) >= 11 is 0. The standard InChI is InChI=1S/C11H15N3O4S/c1-2-18-11(15)13-19(16,17)14-6-5-8-3-4-9(12)7-10(8)14/h3-4,7H,2,5-6,12H2,1H3,(H,13,15). The summed E-state index contributed by atoms with van der Waals surface area (Å²) in [6, 6.07) is 5.07. The minimum atomic E-state index is -3.96. The lowest BCUT2D eigenvalue weighted by molar-refractivity contribution is 0.158. The van der Waals surface area contributed by atoms with Gasteiger partial charge in [-0.15, -0.1) is 0 Å². The minimum absolute atomic E-state index is 0.102. The quantitative estimate of drug-likeness (QED) is 0.793. The molecule has 1 amide bonds. The third-order valence-electron chi connectivity index (χ3n) is 2.74. The van der Waals surface area contributed by atoms with Crippen molar-refractivity contribution in [3.05, 3.63) is 23.8 Å². The molecule has 0 aromatic heterocycles. The van der Waals surface area contributed by atoms with E-state index in [4.69, 9.17) is 5.73 Å². The SMILES string of the molecule is CCOC(=O)NS(=O)(=O)N1CCc2ccc(N)cc21. The summed E-state index contributed by atoms with van der Waals surface area (Å²) in [5.41, 5.74) is 7.50. The van der Waals surface area contributed by atoms with Gasteiger partial charge in [0, 0.05) is 12.2 Å². The van der Waals surface area contributed by atoms with Gasteiger partial charge in [-0.2, -0.15) is 8.42 Å². The van der Waals surface area contributed by atoms with Crippen LogP contribution in [0.1, 0.15) is 12.5 Å². The van der Waals surface area contributed by atoms with E-state index in [1.165, 1.54) is 0 Å². The van der Waals surface area contributed by atoms with E-state index >= 15 is 0 Å². The second-order valence-corrected chi connectivity index (χ2v) is 5.63. The van der Waals surface area contributed by atoms with E-state index in [0.29, 0.717) is 17.8 Å². The van der Waals surface area contributed by atoms with Gasteiger partial charge in [0.15, 0.2) is 0 Å². The first-order chi connectivity index (χ1) is 8.94. The van der Waals surface area contributed by atoms with Gasteiger partial charge in [-0.05, 0) is 31.0 Å². The molecule has 0 atom stereocenters. The number of nitrogens with one attached hydrogen (secondary N) is 1. The van der Waals surface area contributed by atoms with Gasteiger partial charge in [0.2, 0.25) is 0 Å². The van der Waals surface area contributed by atoms with Crippen LogP contribution in [0.25, 0.3) is 0 Å². The molecule has 19 heavy (non-hydrogen) atoms. The highest BCUT2D eigenvalue weighted by Crippen LogP contribution is 2.31. The van der Waals surface area contributed by atoms with Crippen molar-refractivity contribution in [1.82, 2.24) is 4.72 Å². The number of carbonyl (C=O) groups excluding carboxylic acids is 1. The molecule has 8 heteroatoms. The Hall–Kier alpha value is -1.96. The van der Waals surface area contributed by atoms with Gasteiger partial charge in [0.05, 0.1) is 12.3 Å². The van der Waals surface area contributed by atoms with Crippen LogP contribution in [0.15, 0.2) is 18.2 Å². The van der Waals surface area contributed by atoms with E-state index in [9.17, 15) is 13.2 Å². The summed E-state index contributed by atoms with van der Waals surface area (Å²) in [4.78, 5) is 11.2. The summed E-state index contributed by atoms with van der Waals surface area (Å²) in [5.74, 6) is 0. The second kappa shape index (κ2) is 4.96. The monoisotopic (exact) mass is 285 g/mol. The fraction of sp³-hybridized carbons (Fsp3) is 0.364. The lowest BCUT2D eigenvalue weighted by Crippen LogP contribution is -2.43. The summed E-state index contributed by atoms with van der Waals surface area (Å²) in [7, 11) is -3.96. The van der Waals surface area contributed by atoms with E-state index < -0.39 is 16.3 Å². The molecule has 3 N–H and O–H groups in total. The number of hydrogen-bond acceptors (Lipinski definition) is 5. The normalized spacial score (nSPS) is 14.1. The fourth-order valence-corrected chi connectivity index (χ4v) is 3.08. The number of hydrogen-bond donors (Lipinski definition) is 2. The summed E-state index contributed by atoms with van der Waals surface area (Å²) < 4.78 is 31.7. The molecule has 2 rings (SSSR count). The predicted octanol–water partition coefficient (Wildman–Crippen LogP) is 0.622. The third kappa shape index (κ3) is 2.73. The van der Waals surface area contributed by atoms with Crippen LogP contribution in [0.4, 0.5) is 16.2 Å². The Morgan fingerprint density at radius 2 is 2.26 bits per heavy atom. The van der Waals surface area contributed by atoms with Crippen LogP contribution in [-0.4, -0.2) is 27.7 Å². The van der Waals surface area contributed by atoms with Crippen molar-refractivity contribution in [1.29, 1.82) is 0 Å². The molecule has 1 heterocycles. The first-order valence-corrected chi connectivity index (χ1v) is 7.23. The molecule has 104 valence electrons. The highest BCUT2D eigenvalue weighted by Gasteiger charge is 2.31. The van der Waals surface area contributed by atoms with Gasteiger partial charge in [0.1, 0.15) is 0 Å². The molecule has 0 saturated carbocycles. The van der Waals surface area contributed by atoms with Crippen molar-refractivity contribution in [3.8, 4) is 0 Å². The summed E-state index contributed by atoms with van der Waals surface area (Å²) in [6.07, 6.45) is -0.404. The molecular formula is C11H15N3O4S. The molecule has 0 spiro atoms. The zero-order valence-corrected chi connectivity index (χ0v) is 11.2. The molecule has 0 unspecified atom stereocenters. The number of carbonyl (C=O) groups is 1. The van der Waals surface area contributed by atoms with Crippen LogP contribution in [0.5, 0.6) is 0 Å². The van der Waals surface area contributed by atoms with Gasteiger partial charge in [-0.3, -0.25) is 4.31 Å². The number of nitrogens with zero attached hydrogens (tertiary/aromatic N) is 1. The average Bonchev–Trinajstić information content (AvgIpc) is 2.71. The second-order valence-electron chi connectivity index (χ2n) is 4.04. The number of nitrogen functional groups attached to an aromatic ring is 1. The summed E-state index contributed by atoms with van der Waals surface area (Å²) in [6.45, 7) is 1.97. The number of rotatable bonds is 3. The van der Waals surface area contributed by atoms with Crippen LogP contribution in [-0.2, 0) is 21.4 Å². The Labute approximate surface area is 111 Å². The molecule has 0 aliphatic carbocycles. The van der Waals surface area contributed by atoms with E-state index in [1.54, 1.807) is 25.1 Å². The maximum atomic E-state index is 12.1. The Balaban J connectivity index is 2.25. The lowest BCUT2D eigenvalue weighted by atomic mass is 10.1. The molecule has 0 saturated heterocycles. The molecule has 1 aliphatic heterocycles. The maximum Gasteiger partial charge on any atom is 0.422 e. The van der Waals surface area contributed by atoms with Crippen molar-refractivity contribution in [2.45, 2.75) is 13.3 Å². The number of amides is 1. The van der Waals surface area contributed by atoms with Crippen molar-refractivity contribution >= 4 is 27.7 Å². The largest absolute Gasteiger partial charge is 0.449 e. The zero-order chi connectivity index (χ0) is 14.0. The number of benzene rings is 1. The lowest BCUT2D eigenvalue weighted by Gasteiger charge is -2.19. The topological polar surface area (TPSA) is 102 Å². The molecule has 0 radical (unpaired) electrons. The summed E-state index contributed by atoms with van der Waals surface area (Å²) in [5, 5.41) is 0. The Morgan fingerprint density at radius 1 is 1.53 bits per heavy atom. The van der Waals surface area contributed by atoms with Crippen molar-refractivity contribution < 1.29 is 17.9 Å². The highest BCUT2D eigenvalue weighted by molar-refractivity contribution is 7.91. The maximum absolute atomic E-state index is 12.1. The van der Waals surface area contributed by atoms with Crippen LogP contribution in [0.2, 0.25) is 0 Å². The number of nitrogens with two attached hydrogens (primary N) is 1. The Morgan fingerprint density at radius 3 is 2.95 bits per heavy atom. The molecule has 0 bridgehead atoms. The Bertz CT molecular complexity index is 600. The van der Waals surface area contributed by atoms with Crippen LogP contribution in [0.3, 0.4) is 0 Å². The smallest absolute Gasteiger partial charge is 0.422 e. The van der Waals surface area contributed by atoms with Crippen molar-refractivity contribution in [2.24, 2.45) is 0 Å². The molecular weight excluding hydrogens is 270 g/mol. The number of fused-ring (bicyclic) bond motifs is 1. The van der Waals surface area contributed by atoms with E-state index in [1.807, 2.05) is 4.72 Å². The van der Waals surface area contributed by atoms with Crippen molar-refractivity contribution in [3.63, 3.8) is 0 Å². The molecule has 1 aromatic carbocycles. The fourth-order valence-electron chi connectivity index (χ4n) is 1.94. The van der Waals surface area contributed by atoms with Gasteiger partial charge >= 0.3 is 16.3 Å². The van der Waals surface area contributed by atoms with Gasteiger partial charge < -0.3 is 10.5 Å². The van der Waals surface area contributed by atoms with Crippen LogP contribution >= 0.6 is 0 Å². The van der Waals surface area contributed by atoms with Gasteiger partial charge in [-0.1, -0.05) is 6.07 Å². The average molecular weight is 285 g/mol. The van der Waals surface area contributed by atoms with E-state index in [0.717, 1.165) is 9.87 Å². The highest BCUT2D eigenvalue weighted by atomic mass is 32.2. The molecule has 1 aromatic rings. The van der Waals surface area contributed by atoms with Gasteiger partial charge in [0.25, 0.3) is 0 Å². The van der Waals surface area contributed by atoms with E-state index in [2.05, 4.69) is 4.74 Å². The van der Waals surface area contributed by atoms with Crippen molar-refractivity contribution in [2.75, 3.05) is 23.2 Å². The molecule has 1 aliphatic rings. The predicted molar refractivity (Wildman–Crippen MR) is 71.0 cm³/mol. The zero-order valence-electron chi connectivity index (χ0n) is 10.4. The number of anilines is 2. The Kier molecular flexibility index (Phi) is 3.52. The van der Waals surface area contributed by atoms with E-state index in [-0.39, 0.29) is 13.2 Å². The first kappa shape index (κ1) is 13.5. The van der Waals surface area contributed by atoms with Crippen LogP contribution in [0, 0.1) is 0 Å². The molecule has 7 nitrogen and oxygen atoms in total.